The average Bonchev–Trinajstić information content (AvgIpc) is 2.15. The molecule has 0 aromatic carbocycles. The third-order valence-corrected chi connectivity index (χ3v) is 1.92. The summed E-state index contributed by atoms with van der Waals surface area (Å²) in [7, 11) is 0. The van der Waals surface area contributed by atoms with Crippen molar-refractivity contribution in [1.29, 1.82) is 5.26 Å². The Kier molecular flexibility index (Phi) is 9.23. The second-order valence-electron chi connectivity index (χ2n) is 3.29. The Labute approximate surface area is 85.5 Å². The van der Waals surface area contributed by atoms with Gasteiger partial charge in [-0.1, -0.05) is 0 Å². The standard InChI is InChI=1S/C10H19N3O/c11-7-3-1-4-8-13-9-5-2-6-10(12)14/h13H,1-6,8-9H2,(H2,12,14). The van der Waals surface area contributed by atoms with Gasteiger partial charge in [-0.3, -0.25) is 4.79 Å². The number of unbranched alkanes of at least 4 members (excludes halogenated alkanes) is 3. The predicted molar refractivity (Wildman–Crippen MR) is 55.4 cm³/mol. The molecule has 0 aliphatic rings. The molecule has 0 aromatic rings. The first-order valence-electron chi connectivity index (χ1n) is 5.13. The number of carbonyl (C=O) groups excluding carboxylic acids is 1. The van der Waals surface area contributed by atoms with Crippen LogP contribution in [0, 0.1) is 11.3 Å². The van der Waals surface area contributed by atoms with Gasteiger partial charge in [0, 0.05) is 12.8 Å². The zero-order valence-corrected chi connectivity index (χ0v) is 8.59. The number of hydrogen-bond acceptors (Lipinski definition) is 3. The lowest BCUT2D eigenvalue weighted by molar-refractivity contribution is -0.118. The van der Waals surface area contributed by atoms with Crippen LogP contribution in [0.5, 0.6) is 0 Å². The molecule has 0 fully saturated rings. The summed E-state index contributed by atoms with van der Waals surface area (Å²) in [4.78, 5) is 10.4. The smallest absolute Gasteiger partial charge is 0.217 e. The minimum Gasteiger partial charge on any atom is -0.370 e. The van der Waals surface area contributed by atoms with Crippen LogP contribution in [0.25, 0.3) is 0 Å². The van der Waals surface area contributed by atoms with Crippen molar-refractivity contribution >= 4 is 5.91 Å². The first-order chi connectivity index (χ1) is 6.77. The van der Waals surface area contributed by atoms with Gasteiger partial charge < -0.3 is 11.1 Å². The van der Waals surface area contributed by atoms with E-state index in [4.69, 9.17) is 11.0 Å². The van der Waals surface area contributed by atoms with Crippen LogP contribution in [0.3, 0.4) is 0 Å². The molecule has 0 aromatic heterocycles. The second-order valence-corrected chi connectivity index (χ2v) is 3.29. The Morgan fingerprint density at radius 2 is 1.86 bits per heavy atom. The summed E-state index contributed by atoms with van der Waals surface area (Å²) in [6.45, 7) is 1.89. The molecule has 0 heterocycles. The maximum absolute atomic E-state index is 10.4. The minimum absolute atomic E-state index is 0.223. The van der Waals surface area contributed by atoms with E-state index in [0.29, 0.717) is 12.8 Å². The van der Waals surface area contributed by atoms with Gasteiger partial charge in [-0.25, -0.2) is 0 Å². The highest BCUT2D eigenvalue weighted by atomic mass is 16.1. The fourth-order valence-corrected chi connectivity index (χ4v) is 1.13. The molecule has 0 saturated carbocycles. The molecule has 0 bridgehead atoms. The summed E-state index contributed by atoms with van der Waals surface area (Å²) in [6, 6.07) is 2.11. The molecule has 0 radical (unpaired) electrons. The van der Waals surface area contributed by atoms with E-state index in [9.17, 15) is 4.79 Å². The summed E-state index contributed by atoms with van der Waals surface area (Å²) in [5.41, 5.74) is 5.00. The molecule has 0 atom stereocenters. The summed E-state index contributed by atoms with van der Waals surface area (Å²) in [5, 5.41) is 11.5. The van der Waals surface area contributed by atoms with Crippen LogP contribution in [0.2, 0.25) is 0 Å². The maximum atomic E-state index is 10.4. The van der Waals surface area contributed by atoms with Crippen molar-refractivity contribution in [3.05, 3.63) is 0 Å². The second kappa shape index (κ2) is 10.0. The summed E-state index contributed by atoms with van der Waals surface area (Å²) < 4.78 is 0. The summed E-state index contributed by atoms with van der Waals surface area (Å²) >= 11 is 0. The Hall–Kier alpha value is -1.08. The van der Waals surface area contributed by atoms with E-state index in [0.717, 1.165) is 38.8 Å². The molecule has 0 aliphatic heterocycles. The Balaban J connectivity index is 2.93. The van der Waals surface area contributed by atoms with Gasteiger partial charge in [0.2, 0.25) is 5.91 Å². The third-order valence-electron chi connectivity index (χ3n) is 1.92. The van der Waals surface area contributed by atoms with Crippen molar-refractivity contribution in [3.8, 4) is 6.07 Å². The number of nitrogens with one attached hydrogen (secondary N) is 1. The van der Waals surface area contributed by atoms with E-state index in [1.54, 1.807) is 0 Å². The van der Waals surface area contributed by atoms with Crippen LogP contribution in [0.1, 0.15) is 38.5 Å². The zero-order chi connectivity index (χ0) is 10.6. The van der Waals surface area contributed by atoms with E-state index in [1.165, 1.54) is 0 Å². The van der Waals surface area contributed by atoms with Crippen LogP contribution < -0.4 is 11.1 Å². The largest absolute Gasteiger partial charge is 0.370 e. The Morgan fingerprint density at radius 1 is 1.21 bits per heavy atom. The molecule has 3 N–H and O–H groups in total. The van der Waals surface area contributed by atoms with E-state index >= 15 is 0 Å². The SMILES string of the molecule is N#CCCCCNCCCCC(N)=O. The van der Waals surface area contributed by atoms with Gasteiger partial charge in [-0.05, 0) is 38.8 Å². The van der Waals surface area contributed by atoms with Gasteiger partial charge in [-0.15, -0.1) is 0 Å². The molecule has 14 heavy (non-hydrogen) atoms. The number of carbonyl (C=O) groups is 1. The monoisotopic (exact) mass is 197 g/mol. The quantitative estimate of drug-likeness (QED) is 0.539. The van der Waals surface area contributed by atoms with Gasteiger partial charge in [-0.2, -0.15) is 5.26 Å². The molecule has 80 valence electrons. The molecule has 4 heteroatoms. The lowest BCUT2D eigenvalue weighted by Crippen LogP contribution is -2.17. The van der Waals surface area contributed by atoms with Crippen molar-refractivity contribution in [2.45, 2.75) is 38.5 Å². The van der Waals surface area contributed by atoms with Crippen LogP contribution in [-0.4, -0.2) is 19.0 Å². The molecule has 0 rings (SSSR count). The van der Waals surface area contributed by atoms with Crippen LogP contribution in [0.4, 0.5) is 0 Å². The number of hydrogen-bond donors (Lipinski definition) is 2. The topological polar surface area (TPSA) is 78.9 Å². The number of nitrogens with two attached hydrogens (primary N) is 1. The molecule has 0 aliphatic carbocycles. The highest BCUT2D eigenvalue weighted by Crippen LogP contribution is 1.94. The average molecular weight is 197 g/mol. The van der Waals surface area contributed by atoms with Crippen molar-refractivity contribution in [2.75, 3.05) is 13.1 Å². The fourth-order valence-electron chi connectivity index (χ4n) is 1.13. The van der Waals surface area contributed by atoms with E-state index in [1.807, 2.05) is 0 Å². The molecule has 0 unspecified atom stereocenters. The summed E-state index contributed by atoms with van der Waals surface area (Å²) in [6.07, 6.45) is 4.98. The minimum atomic E-state index is -0.223. The molecular weight excluding hydrogens is 178 g/mol. The lowest BCUT2D eigenvalue weighted by atomic mass is 10.2. The normalized spacial score (nSPS) is 9.64. The summed E-state index contributed by atoms with van der Waals surface area (Å²) in [5.74, 6) is -0.223. The lowest BCUT2D eigenvalue weighted by Gasteiger charge is -2.02. The number of nitriles is 1. The van der Waals surface area contributed by atoms with Crippen molar-refractivity contribution in [1.82, 2.24) is 5.32 Å². The van der Waals surface area contributed by atoms with Gasteiger partial charge >= 0.3 is 0 Å². The Morgan fingerprint density at radius 3 is 2.43 bits per heavy atom. The molecule has 0 spiro atoms. The van der Waals surface area contributed by atoms with E-state index in [-0.39, 0.29) is 5.91 Å². The van der Waals surface area contributed by atoms with Crippen molar-refractivity contribution < 1.29 is 4.79 Å². The predicted octanol–water partition coefficient (Wildman–Crippen LogP) is 0.925. The van der Waals surface area contributed by atoms with Gasteiger partial charge in [0.05, 0.1) is 6.07 Å². The maximum Gasteiger partial charge on any atom is 0.217 e. The van der Waals surface area contributed by atoms with Gasteiger partial charge in [0.1, 0.15) is 0 Å². The molecule has 1 amide bonds. The van der Waals surface area contributed by atoms with Crippen LogP contribution in [-0.2, 0) is 4.79 Å². The zero-order valence-electron chi connectivity index (χ0n) is 8.59. The van der Waals surface area contributed by atoms with Crippen LogP contribution >= 0.6 is 0 Å². The Bertz CT molecular complexity index is 186. The third kappa shape index (κ3) is 10.9. The number of nitrogens with zero attached hydrogens (tertiary/aromatic N) is 1. The highest BCUT2D eigenvalue weighted by Gasteiger charge is 1.93. The highest BCUT2D eigenvalue weighted by molar-refractivity contribution is 5.73. The molecule has 0 saturated heterocycles. The van der Waals surface area contributed by atoms with E-state index in [2.05, 4.69) is 11.4 Å². The molecular formula is C10H19N3O. The van der Waals surface area contributed by atoms with Crippen LogP contribution in [0.15, 0.2) is 0 Å². The van der Waals surface area contributed by atoms with E-state index < -0.39 is 0 Å². The first-order valence-corrected chi connectivity index (χ1v) is 5.13. The number of rotatable bonds is 9. The number of amides is 1. The fraction of sp³-hybridized carbons (Fsp3) is 0.800. The van der Waals surface area contributed by atoms with Gasteiger partial charge in [0.25, 0.3) is 0 Å². The number of primary amides is 1. The van der Waals surface area contributed by atoms with Crippen molar-refractivity contribution in [2.24, 2.45) is 5.73 Å². The molecule has 4 nitrogen and oxygen atoms in total. The van der Waals surface area contributed by atoms with Crippen molar-refractivity contribution in [3.63, 3.8) is 0 Å². The first kappa shape index (κ1) is 12.9. The van der Waals surface area contributed by atoms with Gasteiger partial charge in [0.15, 0.2) is 0 Å².